The van der Waals surface area contributed by atoms with Crippen LogP contribution in [0.4, 0.5) is 0 Å². The van der Waals surface area contributed by atoms with Gasteiger partial charge in [-0.2, -0.15) is 0 Å². The van der Waals surface area contributed by atoms with Crippen LogP contribution in [0.25, 0.3) is 0 Å². The van der Waals surface area contributed by atoms with Gasteiger partial charge in [-0.25, -0.2) is 4.79 Å². The average molecular weight is 181 g/mol. The summed E-state index contributed by atoms with van der Waals surface area (Å²) in [5, 5.41) is 11.5. The predicted molar refractivity (Wildman–Crippen MR) is 47.1 cm³/mol. The van der Waals surface area contributed by atoms with E-state index < -0.39 is 11.5 Å². The van der Waals surface area contributed by atoms with Gasteiger partial charge in [-0.1, -0.05) is 0 Å². The largest absolute Gasteiger partial charge is 0.478 e. The molecule has 0 spiro atoms. The van der Waals surface area contributed by atoms with E-state index in [4.69, 9.17) is 5.11 Å². The van der Waals surface area contributed by atoms with Crippen LogP contribution in [-0.2, 0) is 9.59 Å². The third-order valence-electron chi connectivity index (χ3n) is 2.07. The van der Waals surface area contributed by atoms with Gasteiger partial charge in [0.05, 0.1) is 5.57 Å². The van der Waals surface area contributed by atoms with Crippen LogP contribution in [0.1, 0.15) is 13.8 Å². The third-order valence-corrected chi connectivity index (χ3v) is 2.07. The van der Waals surface area contributed by atoms with Gasteiger partial charge in [0.1, 0.15) is 5.54 Å². The molecular formula is C9H11NO3. The molecular weight excluding hydrogens is 170 g/mol. The molecule has 4 nitrogen and oxygen atoms in total. The Morgan fingerprint density at radius 2 is 2.15 bits per heavy atom. The lowest BCUT2D eigenvalue weighted by molar-refractivity contribution is -0.132. The van der Waals surface area contributed by atoms with Gasteiger partial charge in [0.2, 0.25) is 0 Å². The molecule has 1 unspecified atom stereocenters. The maximum atomic E-state index is 11.2. The van der Waals surface area contributed by atoms with Gasteiger partial charge in [-0.15, -0.1) is 0 Å². The molecule has 2 N–H and O–H groups in total. The van der Waals surface area contributed by atoms with E-state index in [0.29, 0.717) is 0 Å². The van der Waals surface area contributed by atoms with E-state index in [1.165, 1.54) is 25.3 Å². The lowest BCUT2D eigenvalue weighted by Gasteiger charge is -2.26. The zero-order valence-corrected chi connectivity index (χ0v) is 7.50. The number of rotatable bonds is 2. The average Bonchev–Trinajstić information content (AvgIpc) is 2.04. The van der Waals surface area contributed by atoms with Gasteiger partial charge in [0.25, 0.3) is 0 Å². The molecule has 1 rings (SSSR count). The fourth-order valence-electron chi connectivity index (χ4n) is 1.04. The van der Waals surface area contributed by atoms with Crippen LogP contribution in [0.2, 0.25) is 0 Å². The van der Waals surface area contributed by atoms with E-state index in [-0.39, 0.29) is 11.4 Å². The van der Waals surface area contributed by atoms with Crippen LogP contribution < -0.4 is 5.32 Å². The highest BCUT2D eigenvalue weighted by Gasteiger charge is 2.29. The Bertz CT molecular complexity index is 317. The first kappa shape index (κ1) is 9.51. The molecule has 13 heavy (non-hydrogen) atoms. The van der Waals surface area contributed by atoms with E-state index in [2.05, 4.69) is 5.32 Å². The van der Waals surface area contributed by atoms with Gasteiger partial charge < -0.3 is 10.4 Å². The number of ketones is 1. The van der Waals surface area contributed by atoms with Crippen molar-refractivity contribution in [3.63, 3.8) is 0 Å². The molecule has 0 fully saturated rings. The highest BCUT2D eigenvalue weighted by Crippen LogP contribution is 2.16. The normalized spacial score (nSPS) is 26.2. The molecule has 4 heteroatoms. The maximum absolute atomic E-state index is 11.2. The summed E-state index contributed by atoms with van der Waals surface area (Å²) in [6.45, 7) is 3.06. The fourth-order valence-corrected chi connectivity index (χ4v) is 1.04. The quantitative estimate of drug-likeness (QED) is 0.649. The van der Waals surface area contributed by atoms with Crippen molar-refractivity contribution in [1.29, 1.82) is 0 Å². The van der Waals surface area contributed by atoms with Crippen molar-refractivity contribution in [2.24, 2.45) is 0 Å². The first-order valence-electron chi connectivity index (χ1n) is 3.87. The molecule has 1 heterocycles. The summed E-state index contributed by atoms with van der Waals surface area (Å²) in [5.41, 5.74) is -0.751. The van der Waals surface area contributed by atoms with Crippen molar-refractivity contribution in [2.75, 3.05) is 0 Å². The highest BCUT2D eigenvalue weighted by molar-refractivity contribution is 5.95. The minimum Gasteiger partial charge on any atom is -0.478 e. The van der Waals surface area contributed by atoms with Crippen molar-refractivity contribution >= 4 is 11.8 Å². The SMILES string of the molecule is CC(=O)C1(C)C=C(C(=O)O)C=CN1. The number of Topliss-reactive ketones (excluding diaryl/α,β-unsaturated/α-hetero) is 1. The van der Waals surface area contributed by atoms with Crippen LogP contribution >= 0.6 is 0 Å². The molecule has 0 aromatic heterocycles. The van der Waals surface area contributed by atoms with Crippen molar-refractivity contribution in [1.82, 2.24) is 5.32 Å². The summed E-state index contributed by atoms with van der Waals surface area (Å²) in [6.07, 6.45) is 4.32. The molecule has 0 amide bonds. The minimum atomic E-state index is -1.02. The molecule has 0 saturated heterocycles. The third kappa shape index (κ3) is 1.77. The Morgan fingerprint density at radius 1 is 1.54 bits per heavy atom. The molecule has 0 bridgehead atoms. The Kier molecular flexibility index (Phi) is 2.23. The Labute approximate surface area is 75.9 Å². The van der Waals surface area contributed by atoms with E-state index >= 15 is 0 Å². The second kappa shape index (κ2) is 3.05. The van der Waals surface area contributed by atoms with Gasteiger partial charge >= 0.3 is 5.97 Å². The number of hydrogen-bond acceptors (Lipinski definition) is 3. The summed E-state index contributed by atoms with van der Waals surface area (Å²) in [5.74, 6) is -1.14. The number of carboxylic acids is 1. The van der Waals surface area contributed by atoms with Crippen molar-refractivity contribution < 1.29 is 14.7 Å². The lowest BCUT2D eigenvalue weighted by atomic mass is 9.92. The number of nitrogens with one attached hydrogen (secondary N) is 1. The van der Waals surface area contributed by atoms with E-state index in [9.17, 15) is 9.59 Å². The molecule has 1 aliphatic heterocycles. The zero-order valence-electron chi connectivity index (χ0n) is 7.50. The number of carbonyl (C=O) groups is 2. The number of carboxylic acid groups (broad SMARTS) is 1. The molecule has 0 aromatic carbocycles. The number of hydrogen-bond donors (Lipinski definition) is 2. The Morgan fingerprint density at radius 3 is 2.62 bits per heavy atom. The van der Waals surface area contributed by atoms with Crippen LogP contribution in [0.15, 0.2) is 23.9 Å². The van der Waals surface area contributed by atoms with Crippen LogP contribution in [0.3, 0.4) is 0 Å². The number of carbonyl (C=O) groups excluding carboxylic acids is 1. The second-order valence-electron chi connectivity index (χ2n) is 3.14. The summed E-state index contributed by atoms with van der Waals surface area (Å²) in [7, 11) is 0. The monoisotopic (exact) mass is 181 g/mol. The molecule has 0 aromatic rings. The molecule has 0 radical (unpaired) electrons. The molecule has 70 valence electrons. The summed E-state index contributed by atoms with van der Waals surface area (Å²) in [6, 6.07) is 0. The predicted octanol–water partition coefficient (Wildman–Crippen LogP) is 0.462. The molecule has 1 atom stereocenters. The van der Waals surface area contributed by atoms with Crippen LogP contribution in [-0.4, -0.2) is 22.4 Å². The topological polar surface area (TPSA) is 66.4 Å². The van der Waals surface area contributed by atoms with Crippen LogP contribution in [0.5, 0.6) is 0 Å². The van der Waals surface area contributed by atoms with Crippen molar-refractivity contribution in [3.05, 3.63) is 23.9 Å². The Balaban J connectivity index is 3.02. The fraction of sp³-hybridized carbons (Fsp3) is 0.333. The van der Waals surface area contributed by atoms with Crippen molar-refractivity contribution in [3.8, 4) is 0 Å². The van der Waals surface area contributed by atoms with Gasteiger partial charge in [-0.05, 0) is 32.2 Å². The maximum Gasteiger partial charge on any atom is 0.335 e. The van der Waals surface area contributed by atoms with Crippen LogP contribution in [0, 0.1) is 0 Å². The van der Waals surface area contributed by atoms with Gasteiger partial charge in [-0.3, -0.25) is 4.79 Å². The second-order valence-corrected chi connectivity index (χ2v) is 3.14. The van der Waals surface area contributed by atoms with E-state index in [1.807, 2.05) is 0 Å². The summed E-state index contributed by atoms with van der Waals surface area (Å²) < 4.78 is 0. The van der Waals surface area contributed by atoms with Gasteiger partial charge in [0, 0.05) is 0 Å². The molecule has 0 saturated carbocycles. The molecule has 1 aliphatic rings. The van der Waals surface area contributed by atoms with Crippen molar-refractivity contribution in [2.45, 2.75) is 19.4 Å². The Hall–Kier alpha value is -1.58. The standard InChI is InChI=1S/C9H11NO3/c1-6(11)9(2)5-7(8(12)13)3-4-10-9/h3-5,10H,1-2H3,(H,12,13). The number of dihydropyridines is 1. The lowest BCUT2D eigenvalue weighted by Crippen LogP contribution is -2.45. The van der Waals surface area contributed by atoms with E-state index in [0.717, 1.165) is 0 Å². The summed E-state index contributed by atoms with van der Waals surface area (Å²) in [4.78, 5) is 21.8. The van der Waals surface area contributed by atoms with Gasteiger partial charge in [0.15, 0.2) is 5.78 Å². The minimum absolute atomic E-state index is 0.115. The number of aliphatic carboxylic acids is 1. The summed E-state index contributed by atoms with van der Waals surface area (Å²) >= 11 is 0. The smallest absolute Gasteiger partial charge is 0.335 e. The zero-order chi connectivity index (χ0) is 10.1. The molecule has 0 aliphatic carbocycles. The first-order valence-corrected chi connectivity index (χ1v) is 3.87. The first-order chi connectivity index (χ1) is 5.96. The van der Waals surface area contributed by atoms with E-state index in [1.54, 1.807) is 6.92 Å². The highest BCUT2D eigenvalue weighted by atomic mass is 16.4.